The average molecular weight is 270 g/mol. The molecule has 2 heterocycles. The van der Waals surface area contributed by atoms with Crippen LogP contribution in [0.2, 0.25) is 0 Å². The van der Waals surface area contributed by atoms with Crippen LogP contribution in [0.4, 0.5) is 5.82 Å². The molecule has 0 spiro atoms. The maximum atomic E-state index is 5.89. The van der Waals surface area contributed by atoms with Gasteiger partial charge in [-0.2, -0.15) is 5.10 Å². The van der Waals surface area contributed by atoms with E-state index in [9.17, 15) is 0 Å². The van der Waals surface area contributed by atoms with E-state index in [-0.39, 0.29) is 0 Å². The second-order valence-electron chi connectivity index (χ2n) is 5.68. The molecule has 20 heavy (non-hydrogen) atoms. The molecule has 4 heteroatoms. The number of aromatic nitrogens is 2. The van der Waals surface area contributed by atoms with Crippen molar-refractivity contribution in [3.05, 3.63) is 47.7 Å². The van der Waals surface area contributed by atoms with Crippen molar-refractivity contribution in [2.24, 2.45) is 7.05 Å². The first kappa shape index (κ1) is 13.2. The van der Waals surface area contributed by atoms with E-state index >= 15 is 0 Å². The highest BCUT2D eigenvalue weighted by molar-refractivity contribution is 5.32. The van der Waals surface area contributed by atoms with Gasteiger partial charge in [0.25, 0.3) is 0 Å². The second kappa shape index (κ2) is 5.67. The minimum atomic E-state index is 0.510. The molecule has 0 saturated carbocycles. The molecule has 1 aromatic carbocycles. The molecule has 2 aromatic rings. The quantitative estimate of drug-likeness (QED) is 0.931. The minimum Gasteiger partial charge on any atom is -0.384 e. The van der Waals surface area contributed by atoms with Crippen molar-refractivity contribution in [3.63, 3.8) is 0 Å². The van der Waals surface area contributed by atoms with Gasteiger partial charge in [0.05, 0.1) is 5.69 Å². The van der Waals surface area contributed by atoms with Crippen LogP contribution in [0, 0.1) is 0 Å². The fourth-order valence-corrected chi connectivity index (χ4v) is 2.99. The van der Waals surface area contributed by atoms with Crippen molar-refractivity contribution in [3.8, 4) is 0 Å². The molecule has 1 unspecified atom stereocenters. The van der Waals surface area contributed by atoms with Crippen molar-refractivity contribution >= 4 is 5.82 Å². The monoisotopic (exact) mass is 270 g/mol. The third-order valence-corrected chi connectivity index (χ3v) is 4.11. The number of rotatable bonds is 3. The zero-order valence-electron chi connectivity index (χ0n) is 12.0. The number of aryl methyl sites for hydroxylation is 1. The van der Waals surface area contributed by atoms with E-state index in [0.717, 1.165) is 24.6 Å². The van der Waals surface area contributed by atoms with E-state index in [1.165, 1.54) is 24.9 Å². The van der Waals surface area contributed by atoms with E-state index in [2.05, 4.69) is 40.3 Å². The van der Waals surface area contributed by atoms with Gasteiger partial charge in [-0.3, -0.25) is 9.58 Å². The maximum Gasteiger partial charge on any atom is 0.121 e. The summed E-state index contributed by atoms with van der Waals surface area (Å²) in [5.74, 6) is 1.26. The molecule has 1 aliphatic rings. The zero-order valence-corrected chi connectivity index (χ0v) is 12.0. The Hall–Kier alpha value is -1.81. The largest absolute Gasteiger partial charge is 0.384 e. The van der Waals surface area contributed by atoms with Gasteiger partial charge in [-0.05, 0) is 24.9 Å². The first-order valence-corrected chi connectivity index (χ1v) is 7.28. The fourth-order valence-electron chi connectivity index (χ4n) is 2.99. The summed E-state index contributed by atoms with van der Waals surface area (Å²) in [5.41, 5.74) is 8.42. The minimum absolute atomic E-state index is 0.510. The number of anilines is 1. The lowest BCUT2D eigenvalue weighted by molar-refractivity contribution is 0.198. The normalized spacial score (nSPS) is 20.1. The van der Waals surface area contributed by atoms with Crippen molar-refractivity contribution in [1.29, 1.82) is 0 Å². The number of nitrogens with two attached hydrogens (primary N) is 1. The molecule has 0 amide bonds. The summed E-state index contributed by atoms with van der Waals surface area (Å²) in [6.45, 7) is 3.28. The van der Waals surface area contributed by atoms with Gasteiger partial charge in [0.1, 0.15) is 5.82 Å². The molecule has 0 aliphatic carbocycles. The number of piperidine rings is 1. The summed E-state index contributed by atoms with van der Waals surface area (Å²) < 4.78 is 1.77. The summed E-state index contributed by atoms with van der Waals surface area (Å²) >= 11 is 0. The van der Waals surface area contributed by atoms with Gasteiger partial charge in [0.15, 0.2) is 0 Å². The molecule has 4 nitrogen and oxygen atoms in total. The summed E-state index contributed by atoms with van der Waals surface area (Å²) in [6.07, 6.45) is 2.44. The first-order valence-electron chi connectivity index (χ1n) is 7.28. The summed E-state index contributed by atoms with van der Waals surface area (Å²) in [7, 11) is 1.91. The Bertz CT molecular complexity index is 542. The Morgan fingerprint density at radius 3 is 2.80 bits per heavy atom. The average Bonchev–Trinajstić information content (AvgIpc) is 2.80. The van der Waals surface area contributed by atoms with Crippen LogP contribution < -0.4 is 5.73 Å². The third kappa shape index (κ3) is 2.85. The molecule has 1 atom stereocenters. The topological polar surface area (TPSA) is 47.1 Å². The van der Waals surface area contributed by atoms with Crippen molar-refractivity contribution in [2.75, 3.05) is 18.8 Å². The molecule has 0 radical (unpaired) electrons. The number of hydrogen-bond donors (Lipinski definition) is 1. The van der Waals surface area contributed by atoms with Crippen molar-refractivity contribution < 1.29 is 0 Å². The number of hydrogen-bond acceptors (Lipinski definition) is 3. The van der Waals surface area contributed by atoms with E-state index in [4.69, 9.17) is 5.73 Å². The molecule has 1 aliphatic heterocycles. The Balaban J connectivity index is 1.67. The highest BCUT2D eigenvalue weighted by atomic mass is 15.3. The van der Waals surface area contributed by atoms with E-state index in [0.29, 0.717) is 5.92 Å². The Labute approximate surface area is 120 Å². The van der Waals surface area contributed by atoms with Gasteiger partial charge < -0.3 is 5.73 Å². The molecule has 3 rings (SSSR count). The SMILES string of the molecule is Cn1nc(C2CCCN(Cc3ccccc3)C2)cc1N. The predicted molar refractivity (Wildman–Crippen MR) is 81.3 cm³/mol. The van der Waals surface area contributed by atoms with Gasteiger partial charge in [0.2, 0.25) is 0 Å². The van der Waals surface area contributed by atoms with Crippen LogP contribution in [0.5, 0.6) is 0 Å². The van der Waals surface area contributed by atoms with E-state index in [1.54, 1.807) is 4.68 Å². The van der Waals surface area contributed by atoms with Crippen molar-refractivity contribution in [1.82, 2.24) is 14.7 Å². The Morgan fingerprint density at radius 2 is 2.10 bits per heavy atom. The van der Waals surface area contributed by atoms with Gasteiger partial charge in [-0.1, -0.05) is 30.3 Å². The lowest BCUT2D eigenvalue weighted by atomic mass is 9.94. The summed E-state index contributed by atoms with van der Waals surface area (Å²) in [4.78, 5) is 2.52. The van der Waals surface area contributed by atoms with Gasteiger partial charge >= 0.3 is 0 Å². The van der Waals surface area contributed by atoms with Crippen LogP contribution in [0.1, 0.15) is 30.0 Å². The molecule has 2 N–H and O–H groups in total. The Morgan fingerprint density at radius 1 is 1.30 bits per heavy atom. The number of benzene rings is 1. The van der Waals surface area contributed by atoms with Crippen LogP contribution >= 0.6 is 0 Å². The van der Waals surface area contributed by atoms with Crippen molar-refractivity contribution in [2.45, 2.75) is 25.3 Å². The smallest absolute Gasteiger partial charge is 0.121 e. The van der Waals surface area contributed by atoms with Crippen LogP contribution in [-0.4, -0.2) is 27.8 Å². The van der Waals surface area contributed by atoms with Crippen LogP contribution in [-0.2, 0) is 13.6 Å². The summed E-state index contributed by atoms with van der Waals surface area (Å²) in [5, 5.41) is 4.54. The fraction of sp³-hybridized carbons (Fsp3) is 0.438. The standard InChI is InChI=1S/C16H22N4/c1-19-16(17)10-15(18-19)14-8-5-9-20(12-14)11-13-6-3-2-4-7-13/h2-4,6-7,10,14H,5,8-9,11-12,17H2,1H3. The highest BCUT2D eigenvalue weighted by Gasteiger charge is 2.23. The van der Waals surface area contributed by atoms with Gasteiger partial charge in [-0.25, -0.2) is 0 Å². The molecule has 1 saturated heterocycles. The number of nitrogen functional groups attached to an aromatic ring is 1. The molecule has 1 fully saturated rings. The second-order valence-corrected chi connectivity index (χ2v) is 5.68. The molecule has 106 valence electrons. The lowest BCUT2D eigenvalue weighted by Crippen LogP contribution is -2.34. The molecular formula is C16H22N4. The van der Waals surface area contributed by atoms with Gasteiger partial charge in [0, 0.05) is 32.1 Å². The van der Waals surface area contributed by atoms with Crippen LogP contribution in [0.3, 0.4) is 0 Å². The summed E-state index contributed by atoms with van der Waals surface area (Å²) in [6, 6.07) is 12.7. The Kier molecular flexibility index (Phi) is 3.74. The lowest BCUT2D eigenvalue weighted by Gasteiger charge is -2.31. The zero-order chi connectivity index (χ0) is 13.9. The first-order chi connectivity index (χ1) is 9.72. The van der Waals surface area contributed by atoms with Crippen LogP contribution in [0.25, 0.3) is 0 Å². The van der Waals surface area contributed by atoms with Crippen LogP contribution in [0.15, 0.2) is 36.4 Å². The molecular weight excluding hydrogens is 248 g/mol. The molecule has 1 aromatic heterocycles. The van der Waals surface area contributed by atoms with E-state index in [1.807, 2.05) is 13.1 Å². The van der Waals surface area contributed by atoms with Gasteiger partial charge in [-0.15, -0.1) is 0 Å². The van der Waals surface area contributed by atoms with E-state index < -0.39 is 0 Å². The maximum absolute atomic E-state index is 5.89. The number of likely N-dealkylation sites (tertiary alicyclic amines) is 1. The number of nitrogens with zero attached hydrogens (tertiary/aromatic N) is 3. The highest BCUT2D eigenvalue weighted by Crippen LogP contribution is 2.27. The molecule has 0 bridgehead atoms. The predicted octanol–water partition coefficient (Wildman–Crippen LogP) is 2.38. The third-order valence-electron chi connectivity index (χ3n) is 4.11.